The summed E-state index contributed by atoms with van der Waals surface area (Å²) in [5.74, 6) is 1.83. The maximum absolute atomic E-state index is 10.9. The van der Waals surface area contributed by atoms with Gasteiger partial charge in [-0.15, -0.1) is 0 Å². The van der Waals surface area contributed by atoms with Gasteiger partial charge in [0.1, 0.15) is 23.7 Å². The van der Waals surface area contributed by atoms with E-state index in [-0.39, 0.29) is 5.78 Å². The second-order valence-corrected chi connectivity index (χ2v) is 4.24. The predicted molar refractivity (Wildman–Crippen MR) is 68.9 cm³/mol. The number of nitrogens with one attached hydrogen (secondary N) is 1. The predicted octanol–water partition coefficient (Wildman–Crippen LogP) is 0.704. The first-order valence-electron chi connectivity index (χ1n) is 6.14. The minimum atomic E-state index is 0.171. The van der Waals surface area contributed by atoms with Gasteiger partial charge in [-0.25, -0.2) is 9.97 Å². The van der Waals surface area contributed by atoms with Gasteiger partial charge >= 0.3 is 0 Å². The van der Waals surface area contributed by atoms with E-state index in [1.807, 2.05) is 6.07 Å². The number of hydrogen-bond donors (Lipinski definition) is 1. The lowest BCUT2D eigenvalue weighted by Gasteiger charge is -2.27. The molecule has 1 saturated heterocycles. The molecule has 98 valence electrons. The fraction of sp³-hybridized carbons (Fsp3) is 0.583. The van der Waals surface area contributed by atoms with Crippen LogP contribution in [0.2, 0.25) is 0 Å². The van der Waals surface area contributed by atoms with Crippen LogP contribution < -0.4 is 10.2 Å². The van der Waals surface area contributed by atoms with E-state index >= 15 is 0 Å². The highest BCUT2D eigenvalue weighted by Gasteiger charge is 2.12. The van der Waals surface area contributed by atoms with Crippen LogP contribution >= 0.6 is 0 Å². The Bertz CT molecular complexity index is 405. The van der Waals surface area contributed by atoms with E-state index in [0.717, 1.165) is 37.9 Å². The second kappa shape index (κ2) is 6.30. The molecule has 1 N–H and O–H groups in total. The highest BCUT2D eigenvalue weighted by Crippen LogP contribution is 2.15. The van der Waals surface area contributed by atoms with Crippen LogP contribution in [0, 0.1) is 0 Å². The van der Waals surface area contributed by atoms with Crippen LogP contribution in [0.4, 0.5) is 11.6 Å². The van der Waals surface area contributed by atoms with E-state index in [4.69, 9.17) is 4.74 Å². The number of carbonyl (C=O) groups is 1. The number of hydrogen-bond acceptors (Lipinski definition) is 6. The van der Waals surface area contributed by atoms with Gasteiger partial charge in [-0.2, -0.15) is 0 Å². The molecule has 6 heteroatoms. The zero-order chi connectivity index (χ0) is 12.8. The summed E-state index contributed by atoms with van der Waals surface area (Å²) < 4.78 is 5.30. The van der Waals surface area contributed by atoms with Gasteiger partial charge in [-0.1, -0.05) is 0 Å². The lowest BCUT2D eigenvalue weighted by Crippen LogP contribution is -2.36. The summed E-state index contributed by atoms with van der Waals surface area (Å²) in [5, 5.41) is 3.13. The summed E-state index contributed by atoms with van der Waals surface area (Å²) in [5.41, 5.74) is 0. The molecule has 1 fully saturated rings. The minimum absolute atomic E-state index is 0.171. The van der Waals surface area contributed by atoms with Gasteiger partial charge in [0.25, 0.3) is 0 Å². The number of aromatic nitrogens is 2. The molecule has 0 saturated carbocycles. The molecule has 0 atom stereocenters. The molecule has 0 aliphatic carbocycles. The number of anilines is 2. The summed E-state index contributed by atoms with van der Waals surface area (Å²) in [6.07, 6.45) is 2.05. The Labute approximate surface area is 106 Å². The lowest BCUT2D eigenvalue weighted by molar-refractivity contribution is -0.116. The number of Topliss-reactive ketones (excluding diaryl/α,β-unsaturated/α-hetero) is 1. The zero-order valence-electron chi connectivity index (χ0n) is 10.6. The van der Waals surface area contributed by atoms with E-state index < -0.39 is 0 Å². The molecule has 1 aliphatic rings. The molecule has 0 aromatic carbocycles. The molecule has 1 aromatic rings. The molecule has 6 nitrogen and oxygen atoms in total. The molecule has 0 spiro atoms. The maximum atomic E-state index is 10.9. The van der Waals surface area contributed by atoms with Crippen LogP contribution in [0.1, 0.15) is 13.3 Å². The summed E-state index contributed by atoms with van der Waals surface area (Å²) in [7, 11) is 0. The molecule has 18 heavy (non-hydrogen) atoms. The monoisotopic (exact) mass is 250 g/mol. The number of morpholine rings is 1. The van der Waals surface area contributed by atoms with Crippen molar-refractivity contribution in [3.63, 3.8) is 0 Å². The third-order valence-corrected chi connectivity index (χ3v) is 2.77. The SMILES string of the molecule is CC(=O)CCNc1cc(N2CCOCC2)ncn1. The molecule has 1 aliphatic heterocycles. The third kappa shape index (κ3) is 3.66. The van der Waals surface area contributed by atoms with Crippen molar-refractivity contribution in [1.82, 2.24) is 9.97 Å². The van der Waals surface area contributed by atoms with Gasteiger partial charge in [0.15, 0.2) is 0 Å². The van der Waals surface area contributed by atoms with Gasteiger partial charge < -0.3 is 15.0 Å². The van der Waals surface area contributed by atoms with Crippen LogP contribution in [0.25, 0.3) is 0 Å². The molecular weight excluding hydrogens is 232 g/mol. The van der Waals surface area contributed by atoms with E-state index in [1.54, 1.807) is 13.3 Å². The summed E-state index contributed by atoms with van der Waals surface area (Å²) in [4.78, 5) is 21.4. The number of ether oxygens (including phenoxy) is 1. The van der Waals surface area contributed by atoms with Crippen molar-refractivity contribution >= 4 is 17.4 Å². The van der Waals surface area contributed by atoms with Crippen molar-refractivity contribution in [3.05, 3.63) is 12.4 Å². The Morgan fingerprint density at radius 3 is 2.94 bits per heavy atom. The molecule has 0 radical (unpaired) electrons. The Hall–Kier alpha value is -1.69. The van der Waals surface area contributed by atoms with Crippen molar-refractivity contribution in [3.8, 4) is 0 Å². The van der Waals surface area contributed by atoms with Crippen LogP contribution in [0.5, 0.6) is 0 Å². The van der Waals surface area contributed by atoms with Crippen molar-refractivity contribution in [2.24, 2.45) is 0 Å². The van der Waals surface area contributed by atoms with Crippen molar-refractivity contribution in [2.45, 2.75) is 13.3 Å². The average molecular weight is 250 g/mol. The van der Waals surface area contributed by atoms with Crippen LogP contribution in [0.15, 0.2) is 12.4 Å². The maximum Gasteiger partial charge on any atom is 0.134 e. The fourth-order valence-corrected chi connectivity index (χ4v) is 1.78. The highest BCUT2D eigenvalue weighted by molar-refractivity contribution is 5.75. The van der Waals surface area contributed by atoms with Gasteiger partial charge in [-0.3, -0.25) is 4.79 Å². The zero-order valence-corrected chi connectivity index (χ0v) is 10.6. The van der Waals surface area contributed by atoms with Crippen molar-refractivity contribution in [1.29, 1.82) is 0 Å². The first kappa shape index (κ1) is 12.8. The fourth-order valence-electron chi connectivity index (χ4n) is 1.78. The van der Waals surface area contributed by atoms with Gasteiger partial charge in [-0.05, 0) is 6.92 Å². The highest BCUT2D eigenvalue weighted by atomic mass is 16.5. The normalized spacial score (nSPS) is 15.5. The van der Waals surface area contributed by atoms with E-state index in [2.05, 4.69) is 20.2 Å². The lowest BCUT2D eigenvalue weighted by atomic mass is 10.3. The average Bonchev–Trinajstić information content (AvgIpc) is 2.40. The number of rotatable bonds is 5. The van der Waals surface area contributed by atoms with E-state index in [0.29, 0.717) is 13.0 Å². The Morgan fingerprint density at radius 1 is 1.44 bits per heavy atom. The number of carbonyl (C=O) groups excluding carboxylic acids is 1. The molecule has 0 unspecified atom stereocenters. The quantitative estimate of drug-likeness (QED) is 0.830. The first-order chi connectivity index (χ1) is 8.75. The standard InChI is InChI=1S/C12H18N4O2/c1-10(17)2-3-13-11-8-12(15-9-14-11)16-4-6-18-7-5-16/h8-9H,2-7H2,1H3,(H,13,14,15). The summed E-state index contributed by atoms with van der Waals surface area (Å²) >= 11 is 0. The van der Waals surface area contributed by atoms with E-state index in [9.17, 15) is 4.79 Å². The number of nitrogens with zero attached hydrogens (tertiary/aromatic N) is 3. The van der Waals surface area contributed by atoms with Gasteiger partial charge in [0, 0.05) is 32.1 Å². The van der Waals surface area contributed by atoms with E-state index in [1.165, 1.54) is 0 Å². The third-order valence-electron chi connectivity index (χ3n) is 2.77. The van der Waals surface area contributed by atoms with Crippen LogP contribution in [-0.2, 0) is 9.53 Å². The first-order valence-corrected chi connectivity index (χ1v) is 6.14. The second-order valence-electron chi connectivity index (χ2n) is 4.24. The van der Waals surface area contributed by atoms with Crippen molar-refractivity contribution < 1.29 is 9.53 Å². The molecule has 2 heterocycles. The molecule has 0 bridgehead atoms. The smallest absolute Gasteiger partial charge is 0.134 e. The Balaban J connectivity index is 1.93. The van der Waals surface area contributed by atoms with Gasteiger partial charge in [0.05, 0.1) is 13.2 Å². The Kier molecular flexibility index (Phi) is 4.46. The molecule has 0 amide bonds. The Morgan fingerprint density at radius 2 is 2.22 bits per heavy atom. The van der Waals surface area contributed by atoms with Gasteiger partial charge in [0.2, 0.25) is 0 Å². The molecule has 1 aromatic heterocycles. The minimum Gasteiger partial charge on any atom is -0.378 e. The molecular formula is C12H18N4O2. The van der Waals surface area contributed by atoms with Crippen molar-refractivity contribution in [2.75, 3.05) is 43.1 Å². The molecule has 2 rings (SSSR count). The van der Waals surface area contributed by atoms with Crippen LogP contribution in [0.3, 0.4) is 0 Å². The number of ketones is 1. The summed E-state index contributed by atoms with van der Waals surface area (Å²) in [6.45, 7) is 5.36. The van der Waals surface area contributed by atoms with Crippen LogP contribution in [-0.4, -0.2) is 48.6 Å². The largest absolute Gasteiger partial charge is 0.378 e. The summed E-state index contributed by atoms with van der Waals surface area (Å²) in [6, 6.07) is 1.91. The topological polar surface area (TPSA) is 67.4 Å².